The molecule has 0 aliphatic carbocycles. The average molecular weight is 301 g/mol. The molecule has 0 saturated carbocycles. The molecule has 0 aromatic rings. The van der Waals surface area contributed by atoms with E-state index >= 15 is 0 Å². The highest BCUT2D eigenvalue weighted by Crippen LogP contribution is 2.11. The van der Waals surface area contributed by atoms with Gasteiger partial charge in [0.25, 0.3) is 0 Å². The van der Waals surface area contributed by atoms with Gasteiger partial charge in [-0.05, 0) is 12.8 Å². The van der Waals surface area contributed by atoms with E-state index in [0.717, 1.165) is 12.8 Å². The van der Waals surface area contributed by atoms with Crippen LogP contribution in [0.25, 0.3) is 0 Å². The highest BCUT2D eigenvalue weighted by molar-refractivity contribution is 4.61. The van der Waals surface area contributed by atoms with Crippen LogP contribution in [0.2, 0.25) is 0 Å². The zero-order valence-corrected chi connectivity index (χ0v) is 14.9. The first-order valence-electron chi connectivity index (χ1n) is 9.36. The molecule has 0 saturated heterocycles. The van der Waals surface area contributed by atoms with Crippen molar-refractivity contribution in [2.75, 3.05) is 6.54 Å². The van der Waals surface area contributed by atoms with E-state index in [1.54, 1.807) is 0 Å². The number of rotatable bonds is 15. The zero-order valence-electron chi connectivity index (χ0n) is 14.9. The van der Waals surface area contributed by atoms with Crippen LogP contribution >= 0.6 is 0 Å². The maximum Gasteiger partial charge on any atom is 0.145 e. The van der Waals surface area contributed by atoms with Crippen LogP contribution in [0.4, 0.5) is 0 Å². The number of unbranched alkanes of at least 4 members (excludes halogenated alkanes) is 11. The lowest BCUT2D eigenvalue weighted by Gasteiger charge is -2.37. The molecule has 0 aliphatic heterocycles. The molecule has 3 nitrogen and oxygen atoms in total. The number of hydroxylamine groups is 2. The Morgan fingerprint density at radius 1 is 0.762 bits per heavy atom. The summed E-state index contributed by atoms with van der Waals surface area (Å²) < 4.78 is 0. The number of quaternary nitrogens is 1. The Morgan fingerprint density at radius 2 is 1.14 bits per heavy atom. The minimum Gasteiger partial charge on any atom is -0.633 e. The van der Waals surface area contributed by atoms with Crippen LogP contribution in [0.15, 0.2) is 0 Å². The second kappa shape index (κ2) is 13.5. The summed E-state index contributed by atoms with van der Waals surface area (Å²) in [5.74, 6) is 0. The van der Waals surface area contributed by atoms with Crippen LogP contribution in [0.5, 0.6) is 0 Å². The normalized spacial score (nSPS) is 15.9. The van der Waals surface area contributed by atoms with Gasteiger partial charge in [0.1, 0.15) is 5.66 Å². The molecular formula is C18H40N2O. The van der Waals surface area contributed by atoms with Crippen molar-refractivity contribution in [2.45, 2.75) is 110 Å². The SMILES string of the molecule is CCCCCCCCCCCCCC[NH+]([O-])C(C)(N)CC. The number of hydrogen-bond acceptors (Lipinski definition) is 2. The quantitative estimate of drug-likeness (QED) is 0.271. The third kappa shape index (κ3) is 12.1. The van der Waals surface area contributed by atoms with Crippen LogP contribution in [-0.4, -0.2) is 12.2 Å². The monoisotopic (exact) mass is 300 g/mol. The van der Waals surface area contributed by atoms with Crippen molar-refractivity contribution < 1.29 is 5.06 Å². The second-order valence-electron chi connectivity index (χ2n) is 6.83. The van der Waals surface area contributed by atoms with E-state index in [-0.39, 0.29) is 5.06 Å². The van der Waals surface area contributed by atoms with Gasteiger partial charge in [0.15, 0.2) is 0 Å². The van der Waals surface area contributed by atoms with Crippen molar-refractivity contribution in [1.82, 2.24) is 0 Å². The summed E-state index contributed by atoms with van der Waals surface area (Å²) in [6.45, 7) is 6.78. The van der Waals surface area contributed by atoms with Crippen molar-refractivity contribution in [2.24, 2.45) is 5.73 Å². The van der Waals surface area contributed by atoms with Gasteiger partial charge in [0.05, 0.1) is 6.54 Å². The Kier molecular flexibility index (Phi) is 13.5. The summed E-state index contributed by atoms with van der Waals surface area (Å²) in [7, 11) is 0. The predicted molar refractivity (Wildman–Crippen MR) is 93.2 cm³/mol. The lowest BCUT2D eigenvalue weighted by atomic mass is 10.0. The first kappa shape index (κ1) is 20.9. The van der Waals surface area contributed by atoms with Crippen LogP contribution in [0.3, 0.4) is 0 Å². The van der Waals surface area contributed by atoms with Gasteiger partial charge in [-0.15, -0.1) is 0 Å². The molecule has 128 valence electrons. The molecule has 0 aromatic carbocycles. The lowest BCUT2D eigenvalue weighted by Crippen LogP contribution is -3.17. The Bertz CT molecular complexity index is 219. The van der Waals surface area contributed by atoms with Crippen LogP contribution in [0, 0.1) is 5.21 Å². The van der Waals surface area contributed by atoms with Gasteiger partial charge < -0.3 is 10.3 Å². The van der Waals surface area contributed by atoms with Gasteiger partial charge in [-0.1, -0.05) is 78.1 Å². The smallest absolute Gasteiger partial charge is 0.145 e. The predicted octanol–water partition coefficient (Wildman–Crippen LogP) is 4.16. The molecule has 2 unspecified atom stereocenters. The molecule has 3 heteroatoms. The van der Waals surface area contributed by atoms with Crippen LogP contribution in [-0.2, 0) is 0 Å². The highest BCUT2D eigenvalue weighted by Gasteiger charge is 2.22. The Labute approximate surface area is 133 Å². The van der Waals surface area contributed by atoms with E-state index in [1.165, 1.54) is 70.6 Å². The fourth-order valence-electron chi connectivity index (χ4n) is 2.61. The third-order valence-electron chi connectivity index (χ3n) is 4.63. The van der Waals surface area contributed by atoms with Crippen molar-refractivity contribution in [3.05, 3.63) is 5.21 Å². The molecule has 3 N–H and O–H groups in total. The Balaban J connectivity index is 3.23. The standard InChI is InChI=1S/C18H40N2O/c1-4-6-7-8-9-10-11-12-13-14-15-16-17-20(21)18(3,19)5-2/h20H,4-17,19H2,1-3H3. The largest absolute Gasteiger partial charge is 0.633 e. The van der Waals surface area contributed by atoms with Gasteiger partial charge in [-0.2, -0.15) is 0 Å². The topological polar surface area (TPSA) is 53.5 Å². The molecule has 0 spiro atoms. The van der Waals surface area contributed by atoms with E-state index in [2.05, 4.69) is 6.92 Å². The molecule has 0 radical (unpaired) electrons. The second-order valence-corrected chi connectivity index (χ2v) is 6.83. The summed E-state index contributed by atoms with van der Waals surface area (Å²) in [6, 6.07) is 0. The van der Waals surface area contributed by atoms with Crippen molar-refractivity contribution in [3.63, 3.8) is 0 Å². The molecule has 0 aliphatic rings. The maximum atomic E-state index is 11.9. The Morgan fingerprint density at radius 3 is 1.52 bits per heavy atom. The van der Waals surface area contributed by atoms with Crippen LogP contribution in [0.1, 0.15) is 104 Å². The van der Waals surface area contributed by atoms with Gasteiger partial charge in [-0.3, -0.25) is 5.73 Å². The zero-order chi connectivity index (χ0) is 16.0. The summed E-state index contributed by atoms with van der Waals surface area (Å²) in [4.78, 5) is 0. The molecular weight excluding hydrogens is 260 g/mol. The summed E-state index contributed by atoms with van der Waals surface area (Å²) in [5, 5.41) is 12.1. The average Bonchev–Trinajstić information content (AvgIpc) is 2.48. The molecule has 0 fully saturated rings. The molecule has 0 bridgehead atoms. The fraction of sp³-hybridized carbons (Fsp3) is 1.00. The fourth-order valence-corrected chi connectivity index (χ4v) is 2.61. The maximum absolute atomic E-state index is 11.9. The van der Waals surface area contributed by atoms with E-state index in [0.29, 0.717) is 6.54 Å². The third-order valence-corrected chi connectivity index (χ3v) is 4.63. The minimum absolute atomic E-state index is 0.233. The van der Waals surface area contributed by atoms with E-state index in [1.807, 2.05) is 13.8 Å². The Hall–Kier alpha value is -0.120. The summed E-state index contributed by atoms with van der Waals surface area (Å²) in [5.41, 5.74) is 5.35. The number of nitrogens with one attached hydrogen (secondary N) is 1. The van der Waals surface area contributed by atoms with Gasteiger partial charge in [0.2, 0.25) is 0 Å². The van der Waals surface area contributed by atoms with E-state index < -0.39 is 5.66 Å². The van der Waals surface area contributed by atoms with Gasteiger partial charge >= 0.3 is 0 Å². The summed E-state index contributed by atoms with van der Waals surface area (Å²) >= 11 is 0. The first-order valence-corrected chi connectivity index (χ1v) is 9.36. The number of hydrogen-bond donors (Lipinski definition) is 2. The van der Waals surface area contributed by atoms with Crippen molar-refractivity contribution >= 4 is 0 Å². The molecule has 0 heterocycles. The van der Waals surface area contributed by atoms with E-state index in [4.69, 9.17) is 5.73 Å². The summed E-state index contributed by atoms with van der Waals surface area (Å²) in [6.07, 6.45) is 16.7. The van der Waals surface area contributed by atoms with Crippen LogP contribution < -0.4 is 10.8 Å². The first-order chi connectivity index (χ1) is 10.0. The lowest BCUT2D eigenvalue weighted by molar-refractivity contribution is -0.903. The van der Waals surface area contributed by atoms with Gasteiger partial charge in [-0.25, -0.2) is 0 Å². The molecule has 21 heavy (non-hydrogen) atoms. The highest BCUT2D eigenvalue weighted by atomic mass is 16.5. The van der Waals surface area contributed by atoms with Crippen molar-refractivity contribution in [3.8, 4) is 0 Å². The number of nitrogens with two attached hydrogens (primary N) is 1. The molecule has 0 aromatic heterocycles. The minimum atomic E-state index is -0.599. The van der Waals surface area contributed by atoms with Gasteiger partial charge in [0, 0.05) is 13.3 Å². The van der Waals surface area contributed by atoms with Crippen molar-refractivity contribution in [1.29, 1.82) is 0 Å². The molecule has 0 rings (SSSR count). The molecule has 2 atom stereocenters. The molecule has 0 amide bonds. The van der Waals surface area contributed by atoms with E-state index in [9.17, 15) is 5.21 Å².